The van der Waals surface area contributed by atoms with Crippen molar-refractivity contribution in [1.29, 1.82) is 0 Å². The van der Waals surface area contributed by atoms with E-state index in [1.54, 1.807) is 7.05 Å². The minimum Gasteiger partial charge on any atom is -0.392 e. The van der Waals surface area contributed by atoms with Gasteiger partial charge in [-0.1, -0.05) is 13.8 Å². The van der Waals surface area contributed by atoms with E-state index in [0.29, 0.717) is 6.42 Å². The first-order valence-corrected chi connectivity index (χ1v) is 6.03. The van der Waals surface area contributed by atoms with Crippen molar-refractivity contribution in [3.63, 3.8) is 0 Å². The van der Waals surface area contributed by atoms with Gasteiger partial charge in [0.05, 0.1) is 17.2 Å². The lowest BCUT2D eigenvalue weighted by Gasteiger charge is -2.49. The fourth-order valence-electron chi connectivity index (χ4n) is 2.25. The Bertz CT molecular complexity index is 535. The third-order valence-electron chi connectivity index (χ3n) is 3.96. The minimum atomic E-state index is -0.534. The Morgan fingerprint density at radius 3 is 2.68 bits per heavy atom. The van der Waals surface area contributed by atoms with Gasteiger partial charge in [-0.05, 0) is 6.42 Å². The van der Waals surface area contributed by atoms with Crippen molar-refractivity contribution in [1.82, 2.24) is 9.88 Å². The average Bonchev–Trinajstić information content (AvgIpc) is 2.71. The Hall–Kier alpha value is -1.89. The summed E-state index contributed by atoms with van der Waals surface area (Å²) in [5.41, 5.74) is -0.239. The van der Waals surface area contributed by atoms with Gasteiger partial charge in [0.15, 0.2) is 0 Å². The van der Waals surface area contributed by atoms with Crippen LogP contribution in [-0.2, 0) is 7.05 Å². The summed E-state index contributed by atoms with van der Waals surface area (Å²) >= 11 is 0. The molecule has 0 aliphatic heterocycles. The van der Waals surface area contributed by atoms with Crippen molar-refractivity contribution in [3.05, 3.63) is 28.1 Å². The normalized spacial score (nSPS) is 24.6. The van der Waals surface area contributed by atoms with E-state index in [1.165, 1.54) is 16.8 Å². The standard InChI is InChI=1S/C12H17N3O4/c1-12(2)9(5-10(12)16)13-11(17)8-4-7(15(18)19)6-14(8)3/h4,6,9-10,16H,5H2,1-3H3,(H,13,17). The maximum Gasteiger partial charge on any atom is 0.287 e. The number of rotatable bonds is 3. The fraction of sp³-hybridized carbons (Fsp3) is 0.583. The number of aliphatic hydroxyl groups is 1. The number of nitrogens with zero attached hydrogens (tertiary/aromatic N) is 2. The van der Waals surface area contributed by atoms with Crippen molar-refractivity contribution in [2.24, 2.45) is 12.5 Å². The predicted octanol–water partition coefficient (Wildman–Crippen LogP) is 0.822. The maximum atomic E-state index is 12.1. The zero-order valence-electron chi connectivity index (χ0n) is 11.1. The third-order valence-corrected chi connectivity index (χ3v) is 3.96. The molecule has 1 aromatic heterocycles. The molecule has 0 spiro atoms. The molecule has 0 saturated heterocycles. The highest BCUT2D eigenvalue weighted by Crippen LogP contribution is 2.40. The maximum absolute atomic E-state index is 12.1. The molecular formula is C12H17N3O4. The smallest absolute Gasteiger partial charge is 0.287 e. The van der Waals surface area contributed by atoms with Gasteiger partial charge in [-0.25, -0.2) is 0 Å². The Morgan fingerprint density at radius 1 is 1.63 bits per heavy atom. The van der Waals surface area contributed by atoms with E-state index in [1.807, 2.05) is 13.8 Å². The number of hydrogen-bond acceptors (Lipinski definition) is 4. The topological polar surface area (TPSA) is 97.4 Å². The second-order valence-electron chi connectivity index (χ2n) is 5.55. The van der Waals surface area contributed by atoms with Gasteiger partial charge in [0.25, 0.3) is 11.6 Å². The van der Waals surface area contributed by atoms with Crippen LogP contribution in [-0.4, -0.2) is 32.6 Å². The van der Waals surface area contributed by atoms with Crippen LogP contribution in [0.2, 0.25) is 0 Å². The highest BCUT2D eigenvalue weighted by atomic mass is 16.6. The van der Waals surface area contributed by atoms with Crippen LogP contribution in [0.5, 0.6) is 0 Å². The summed E-state index contributed by atoms with van der Waals surface area (Å²) in [6, 6.07) is 1.13. The summed E-state index contributed by atoms with van der Waals surface area (Å²) in [7, 11) is 1.59. The van der Waals surface area contributed by atoms with Crippen LogP contribution in [0.3, 0.4) is 0 Å². The largest absolute Gasteiger partial charge is 0.392 e. The molecule has 0 bridgehead atoms. The van der Waals surface area contributed by atoms with Crippen molar-refractivity contribution in [2.75, 3.05) is 0 Å². The van der Waals surface area contributed by atoms with Crippen molar-refractivity contribution >= 4 is 11.6 Å². The summed E-state index contributed by atoms with van der Waals surface area (Å²) in [5.74, 6) is -0.361. The lowest BCUT2D eigenvalue weighted by molar-refractivity contribution is -0.384. The SMILES string of the molecule is Cn1cc([N+](=O)[O-])cc1C(=O)NC1CC(O)C1(C)C. The van der Waals surface area contributed by atoms with Crippen molar-refractivity contribution < 1.29 is 14.8 Å². The molecule has 2 atom stereocenters. The van der Waals surface area contributed by atoms with Gasteiger partial charge in [0.2, 0.25) is 0 Å². The zero-order chi connectivity index (χ0) is 14.4. The monoisotopic (exact) mass is 267 g/mol. The summed E-state index contributed by atoms with van der Waals surface area (Å²) in [6.07, 6.45) is 1.38. The Kier molecular flexibility index (Phi) is 3.09. The number of carbonyl (C=O) groups excluding carboxylic acids is 1. The molecule has 1 saturated carbocycles. The van der Waals surface area contributed by atoms with E-state index in [0.717, 1.165) is 0 Å². The van der Waals surface area contributed by atoms with E-state index in [2.05, 4.69) is 5.32 Å². The molecule has 1 fully saturated rings. The quantitative estimate of drug-likeness (QED) is 0.626. The molecule has 1 aliphatic rings. The molecule has 0 aromatic carbocycles. The Balaban J connectivity index is 2.11. The molecular weight excluding hydrogens is 250 g/mol. The number of aryl methyl sites for hydroxylation is 1. The number of carbonyl (C=O) groups is 1. The van der Waals surface area contributed by atoms with Crippen LogP contribution >= 0.6 is 0 Å². The van der Waals surface area contributed by atoms with Crippen molar-refractivity contribution in [2.45, 2.75) is 32.4 Å². The van der Waals surface area contributed by atoms with Gasteiger partial charge in [-0.15, -0.1) is 0 Å². The predicted molar refractivity (Wildman–Crippen MR) is 67.7 cm³/mol. The van der Waals surface area contributed by atoms with Crippen LogP contribution < -0.4 is 5.32 Å². The van der Waals surface area contributed by atoms with E-state index in [4.69, 9.17) is 0 Å². The molecule has 7 heteroatoms. The molecule has 2 unspecified atom stereocenters. The van der Waals surface area contributed by atoms with Crippen molar-refractivity contribution in [3.8, 4) is 0 Å². The number of nitro groups is 1. The van der Waals surface area contributed by atoms with Gasteiger partial charge in [-0.3, -0.25) is 14.9 Å². The van der Waals surface area contributed by atoms with Crippen LogP contribution in [0, 0.1) is 15.5 Å². The van der Waals surface area contributed by atoms with E-state index >= 15 is 0 Å². The van der Waals surface area contributed by atoms with E-state index in [-0.39, 0.29) is 28.7 Å². The first-order valence-electron chi connectivity index (χ1n) is 6.03. The third kappa shape index (κ3) is 2.21. The molecule has 104 valence electrons. The summed E-state index contributed by atoms with van der Waals surface area (Å²) in [4.78, 5) is 22.2. The number of nitrogens with one attached hydrogen (secondary N) is 1. The highest BCUT2D eigenvalue weighted by molar-refractivity contribution is 5.93. The molecule has 1 amide bonds. The molecule has 1 heterocycles. The average molecular weight is 267 g/mol. The van der Waals surface area contributed by atoms with Crippen LogP contribution in [0.25, 0.3) is 0 Å². The van der Waals surface area contributed by atoms with Crippen LogP contribution in [0.15, 0.2) is 12.3 Å². The summed E-state index contributed by atoms with van der Waals surface area (Å²) < 4.78 is 1.43. The van der Waals surface area contributed by atoms with Crippen LogP contribution in [0.1, 0.15) is 30.8 Å². The molecule has 2 N–H and O–H groups in total. The van der Waals surface area contributed by atoms with Gasteiger partial charge in [0, 0.05) is 24.6 Å². The second kappa shape index (κ2) is 4.34. The number of amides is 1. The zero-order valence-corrected chi connectivity index (χ0v) is 11.1. The number of aliphatic hydroxyl groups excluding tert-OH is 1. The number of aromatic nitrogens is 1. The second-order valence-corrected chi connectivity index (χ2v) is 5.55. The molecule has 0 radical (unpaired) electrons. The van der Waals surface area contributed by atoms with E-state index < -0.39 is 11.0 Å². The molecule has 2 rings (SSSR count). The first kappa shape index (κ1) is 13.5. The minimum absolute atomic E-state index is 0.111. The van der Waals surface area contributed by atoms with Gasteiger partial charge in [-0.2, -0.15) is 0 Å². The summed E-state index contributed by atoms with van der Waals surface area (Å²) in [5, 5.41) is 23.1. The highest BCUT2D eigenvalue weighted by Gasteiger charge is 2.48. The Morgan fingerprint density at radius 2 is 2.26 bits per heavy atom. The van der Waals surface area contributed by atoms with Gasteiger partial charge >= 0.3 is 0 Å². The number of hydrogen-bond donors (Lipinski definition) is 2. The Labute approximate surface area is 110 Å². The molecule has 1 aromatic rings. The fourth-order valence-corrected chi connectivity index (χ4v) is 2.25. The van der Waals surface area contributed by atoms with E-state index in [9.17, 15) is 20.0 Å². The van der Waals surface area contributed by atoms with Crippen LogP contribution in [0.4, 0.5) is 5.69 Å². The molecule has 7 nitrogen and oxygen atoms in total. The lowest BCUT2D eigenvalue weighted by Crippen LogP contribution is -2.61. The molecule has 1 aliphatic carbocycles. The first-order chi connectivity index (χ1) is 8.73. The van der Waals surface area contributed by atoms with Gasteiger partial charge < -0.3 is 15.0 Å². The van der Waals surface area contributed by atoms with Gasteiger partial charge in [0.1, 0.15) is 5.69 Å². The lowest BCUT2D eigenvalue weighted by atomic mass is 9.64. The summed E-state index contributed by atoms with van der Waals surface area (Å²) in [6.45, 7) is 3.75. The molecule has 19 heavy (non-hydrogen) atoms.